The van der Waals surface area contributed by atoms with Gasteiger partial charge in [-0.25, -0.2) is 0 Å². The monoisotopic (exact) mass is 370 g/mol. The predicted molar refractivity (Wildman–Crippen MR) is 105 cm³/mol. The maximum Gasteiger partial charge on any atom is 0.303 e. The van der Waals surface area contributed by atoms with Crippen molar-refractivity contribution < 1.29 is 18.7 Å². The second kappa shape index (κ2) is 7.53. The Morgan fingerprint density at radius 1 is 1.36 bits per heavy atom. The van der Waals surface area contributed by atoms with E-state index in [4.69, 9.17) is 13.9 Å². The number of esters is 1. The van der Waals surface area contributed by atoms with E-state index in [1.165, 1.54) is 6.92 Å². The number of epoxide rings is 1. The molecule has 0 amide bonds. The van der Waals surface area contributed by atoms with Gasteiger partial charge >= 0.3 is 5.97 Å². The standard InChI is InChI=1S/C20H38O4Si/c1-11-16(24-25(9,10)18(4,5)6)20(8)17(23-20)13-14-19(7,12-2)22-15(3)21/h12,16-17H,2,11,13-14H2,1,3-10H3. The van der Waals surface area contributed by atoms with Crippen molar-refractivity contribution in [3.05, 3.63) is 12.7 Å². The van der Waals surface area contributed by atoms with Crippen LogP contribution < -0.4 is 0 Å². The zero-order chi connectivity index (χ0) is 19.7. The zero-order valence-corrected chi connectivity index (χ0v) is 18.7. The lowest BCUT2D eigenvalue weighted by Gasteiger charge is -2.40. The molecule has 0 spiro atoms. The Morgan fingerprint density at radius 2 is 1.92 bits per heavy atom. The smallest absolute Gasteiger partial charge is 0.303 e. The molecule has 0 bridgehead atoms. The Morgan fingerprint density at radius 3 is 2.32 bits per heavy atom. The predicted octanol–water partition coefficient (Wildman–Crippen LogP) is 5.23. The third-order valence-electron chi connectivity index (χ3n) is 5.94. The summed E-state index contributed by atoms with van der Waals surface area (Å²) in [6.07, 6.45) is 4.40. The minimum absolute atomic E-state index is 0.0992. The van der Waals surface area contributed by atoms with Crippen molar-refractivity contribution in [1.29, 1.82) is 0 Å². The van der Waals surface area contributed by atoms with E-state index in [0.29, 0.717) is 6.42 Å². The molecule has 4 atom stereocenters. The lowest BCUT2D eigenvalue weighted by molar-refractivity contribution is -0.151. The van der Waals surface area contributed by atoms with Crippen LogP contribution in [0.2, 0.25) is 18.1 Å². The van der Waals surface area contributed by atoms with Crippen LogP contribution in [0.4, 0.5) is 0 Å². The first-order chi connectivity index (χ1) is 11.2. The van der Waals surface area contributed by atoms with Gasteiger partial charge in [-0.3, -0.25) is 4.79 Å². The second-order valence-electron chi connectivity index (χ2n) is 9.21. The average molecular weight is 371 g/mol. The summed E-state index contributed by atoms with van der Waals surface area (Å²) in [5.41, 5.74) is -0.886. The van der Waals surface area contributed by atoms with Gasteiger partial charge < -0.3 is 13.9 Å². The molecular formula is C20H38O4Si. The lowest BCUT2D eigenvalue weighted by Crippen LogP contribution is -2.48. The molecule has 5 heteroatoms. The molecule has 1 saturated heterocycles. The Balaban J connectivity index is 2.71. The van der Waals surface area contributed by atoms with Gasteiger partial charge in [0.05, 0.1) is 12.2 Å². The highest BCUT2D eigenvalue weighted by atomic mass is 28.4. The Kier molecular flexibility index (Phi) is 6.74. The number of hydrogen-bond donors (Lipinski definition) is 0. The van der Waals surface area contributed by atoms with Gasteiger partial charge in [-0.2, -0.15) is 0 Å². The summed E-state index contributed by atoms with van der Waals surface area (Å²) in [7, 11) is -1.84. The molecule has 0 aromatic heterocycles. The van der Waals surface area contributed by atoms with E-state index in [1.54, 1.807) is 6.08 Å². The SMILES string of the molecule is C=CC(C)(CCC1OC1(C)C(CC)O[Si](C)(C)C(C)(C)C)OC(C)=O. The maximum absolute atomic E-state index is 11.3. The van der Waals surface area contributed by atoms with Gasteiger partial charge in [0.2, 0.25) is 0 Å². The summed E-state index contributed by atoms with van der Waals surface area (Å²) >= 11 is 0. The van der Waals surface area contributed by atoms with E-state index < -0.39 is 13.9 Å². The fraction of sp³-hybridized carbons (Fsp3) is 0.850. The van der Waals surface area contributed by atoms with E-state index in [2.05, 4.69) is 54.3 Å². The van der Waals surface area contributed by atoms with Crippen molar-refractivity contribution in [2.75, 3.05) is 0 Å². The number of carbonyl (C=O) groups is 1. The quantitative estimate of drug-likeness (QED) is 0.241. The summed E-state index contributed by atoms with van der Waals surface area (Å²) < 4.78 is 18.1. The van der Waals surface area contributed by atoms with Gasteiger partial charge in [0.15, 0.2) is 8.32 Å². The molecule has 146 valence electrons. The minimum atomic E-state index is -1.84. The van der Waals surface area contributed by atoms with Crippen LogP contribution in [0, 0.1) is 0 Å². The van der Waals surface area contributed by atoms with Gasteiger partial charge in [-0.15, -0.1) is 0 Å². The summed E-state index contributed by atoms with van der Waals surface area (Å²) in [6.45, 7) is 22.8. The average Bonchev–Trinajstić information content (AvgIpc) is 3.12. The van der Waals surface area contributed by atoms with Crippen molar-refractivity contribution in [1.82, 2.24) is 0 Å². The van der Waals surface area contributed by atoms with Gasteiger partial charge in [0.1, 0.15) is 11.2 Å². The topological polar surface area (TPSA) is 48.1 Å². The third kappa shape index (κ3) is 5.41. The van der Waals surface area contributed by atoms with Crippen molar-refractivity contribution >= 4 is 14.3 Å². The van der Waals surface area contributed by atoms with Crippen LogP contribution in [-0.2, 0) is 18.7 Å². The largest absolute Gasteiger partial charge is 0.455 e. The summed E-state index contributed by atoms with van der Waals surface area (Å²) in [4.78, 5) is 11.3. The number of ether oxygens (including phenoxy) is 2. The Hall–Kier alpha value is -0.653. The Labute approximate surface area is 155 Å². The summed E-state index contributed by atoms with van der Waals surface area (Å²) in [6, 6.07) is 0. The summed E-state index contributed by atoms with van der Waals surface area (Å²) in [5, 5.41) is 0.178. The Bertz CT molecular complexity index is 496. The molecule has 0 aromatic carbocycles. The van der Waals surface area contributed by atoms with E-state index in [0.717, 1.165) is 12.8 Å². The van der Waals surface area contributed by atoms with Gasteiger partial charge in [0, 0.05) is 6.92 Å². The van der Waals surface area contributed by atoms with Crippen LogP contribution in [-0.4, -0.2) is 37.7 Å². The molecule has 25 heavy (non-hydrogen) atoms. The van der Waals surface area contributed by atoms with Crippen LogP contribution in [0.15, 0.2) is 12.7 Å². The van der Waals surface area contributed by atoms with E-state index >= 15 is 0 Å². The first-order valence-corrected chi connectivity index (χ1v) is 12.3. The highest BCUT2D eigenvalue weighted by Crippen LogP contribution is 2.48. The molecule has 1 fully saturated rings. The lowest BCUT2D eigenvalue weighted by atomic mass is 9.92. The molecule has 4 unspecified atom stereocenters. The summed E-state index contributed by atoms with van der Waals surface area (Å²) in [5.74, 6) is -0.283. The number of carbonyl (C=O) groups excluding carboxylic acids is 1. The van der Waals surface area contributed by atoms with Crippen LogP contribution in [0.5, 0.6) is 0 Å². The molecule has 0 saturated carbocycles. The molecule has 0 aromatic rings. The van der Waals surface area contributed by atoms with E-state index in [9.17, 15) is 4.79 Å². The van der Waals surface area contributed by atoms with E-state index in [-0.39, 0.29) is 28.8 Å². The highest BCUT2D eigenvalue weighted by molar-refractivity contribution is 6.74. The second-order valence-corrected chi connectivity index (χ2v) is 14.0. The van der Waals surface area contributed by atoms with Crippen LogP contribution in [0.3, 0.4) is 0 Å². The number of rotatable bonds is 9. The molecular weight excluding hydrogens is 332 g/mol. The van der Waals surface area contributed by atoms with Crippen molar-refractivity contribution in [3.8, 4) is 0 Å². The maximum atomic E-state index is 11.3. The van der Waals surface area contributed by atoms with E-state index in [1.807, 2.05) is 6.92 Å². The van der Waals surface area contributed by atoms with Crippen molar-refractivity contribution in [2.24, 2.45) is 0 Å². The molecule has 4 nitrogen and oxygen atoms in total. The van der Waals surface area contributed by atoms with Gasteiger partial charge in [-0.1, -0.05) is 34.3 Å². The number of hydrogen-bond acceptors (Lipinski definition) is 4. The van der Waals surface area contributed by atoms with Crippen LogP contribution in [0.1, 0.15) is 67.7 Å². The molecule has 0 N–H and O–H groups in total. The molecule has 1 heterocycles. The first kappa shape index (κ1) is 22.4. The fourth-order valence-electron chi connectivity index (χ4n) is 2.98. The molecule has 0 aliphatic carbocycles. The third-order valence-corrected chi connectivity index (χ3v) is 10.4. The molecule has 1 aliphatic heterocycles. The zero-order valence-electron chi connectivity index (χ0n) is 17.7. The van der Waals surface area contributed by atoms with Crippen LogP contribution in [0.25, 0.3) is 0 Å². The van der Waals surface area contributed by atoms with Gasteiger partial charge in [-0.05, 0) is 57.3 Å². The first-order valence-electron chi connectivity index (χ1n) is 9.39. The normalized spacial score (nSPS) is 27.3. The molecule has 1 rings (SSSR count). The molecule has 1 aliphatic rings. The minimum Gasteiger partial charge on any atom is -0.455 e. The van der Waals surface area contributed by atoms with Crippen molar-refractivity contribution in [2.45, 2.75) is 109 Å². The molecule has 0 radical (unpaired) electrons. The van der Waals surface area contributed by atoms with Gasteiger partial charge in [0.25, 0.3) is 0 Å². The fourth-order valence-corrected chi connectivity index (χ4v) is 4.45. The van der Waals surface area contributed by atoms with Crippen molar-refractivity contribution in [3.63, 3.8) is 0 Å². The van der Waals surface area contributed by atoms with Crippen LogP contribution >= 0.6 is 0 Å². The highest BCUT2D eigenvalue weighted by Gasteiger charge is 2.59.